The molecule has 1 saturated carbocycles. The molecule has 0 N–H and O–H groups in total. The lowest BCUT2D eigenvalue weighted by Gasteiger charge is -2.39. The fourth-order valence-corrected chi connectivity index (χ4v) is 5.20. The summed E-state index contributed by atoms with van der Waals surface area (Å²) in [5.74, 6) is -0.494. The first-order valence-electron chi connectivity index (χ1n) is 11.5. The van der Waals surface area contributed by atoms with Gasteiger partial charge >= 0.3 is 0 Å². The van der Waals surface area contributed by atoms with E-state index < -0.39 is 10.0 Å². The third-order valence-corrected chi connectivity index (χ3v) is 8.15. The number of ether oxygens (including phenoxy) is 1. The average Bonchev–Trinajstić information content (AvgIpc) is 3.65. The molecule has 8 nitrogen and oxygen atoms in total. The number of amides is 2. The minimum Gasteiger partial charge on any atom is -0.383 e. The Morgan fingerprint density at radius 1 is 1.18 bits per heavy atom. The van der Waals surface area contributed by atoms with Gasteiger partial charge in [-0.1, -0.05) is 12.1 Å². The predicted octanol–water partition coefficient (Wildman–Crippen LogP) is 1.85. The van der Waals surface area contributed by atoms with Crippen LogP contribution in [0.4, 0.5) is 4.39 Å². The van der Waals surface area contributed by atoms with Gasteiger partial charge in [-0.2, -0.15) is 4.31 Å². The lowest BCUT2D eigenvalue weighted by Crippen LogP contribution is -2.52. The topological polar surface area (TPSA) is 87.2 Å². The first-order valence-corrected chi connectivity index (χ1v) is 13.2. The Balaban J connectivity index is 1.75. The second-order valence-corrected chi connectivity index (χ2v) is 11.0. The van der Waals surface area contributed by atoms with Crippen molar-refractivity contribution in [3.8, 4) is 0 Å². The van der Waals surface area contributed by atoms with Gasteiger partial charge in [0.25, 0.3) is 0 Å². The maximum absolute atomic E-state index is 13.8. The SMILES string of the molecule is CCS(=O)(=O)N(CCOC)CC(=O)N(Cc1cccc(F)c1)C1CCN(C(=O)C2CC2)CC1. The van der Waals surface area contributed by atoms with Crippen molar-refractivity contribution >= 4 is 21.8 Å². The predicted molar refractivity (Wildman–Crippen MR) is 122 cm³/mol. The van der Waals surface area contributed by atoms with Crippen LogP contribution in [-0.4, -0.2) is 86.0 Å². The van der Waals surface area contributed by atoms with Crippen molar-refractivity contribution in [2.24, 2.45) is 5.92 Å². The number of hydrogen-bond acceptors (Lipinski definition) is 5. The highest BCUT2D eigenvalue weighted by Crippen LogP contribution is 2.32. The molecule has 2 fully saturated rings. The summed E-state index contributed by atoms with van der Waals surface area (Å²) in [5, 5.41) is 0. The first kappa shape index (κ1) is 25.6. The van der Waals surface area contributed by atoms with Gasteiger partial charge in [-0.3, -0.25) is 9.59 Å². The van der Waals surface area contributed by atoms with E-state index in [1.54, 1.807) is 17.0 Å². The van der Waals surface area contributed by atoms with Crippen LogP contribution in [0.15, 0.2) is 24.3 Å². The Kier molecular flexibility index (Phi) is 8.83. The number of nitrogens with zero attached hydrogens (tertiary/aromatic N) is 3. The Hall–Kier alpha value is -2.04. The molecule has 184 valence electrons. The molecule has 3 rings (SSSR count). The van der Waals surface area contributed by atoms with Crippen LogP contribution in [0, 0.1) is 11.7 Å². The number of hydrogen-bond donors (Lipinski definition) is 0. The van der Waals surface area contributed by atoms with Crippen molar-refractivity contribution in [3.05, 3.63) is 35.6 Å². The van der Waals surface area contributed by atoms with Gasteiger partial charge in [-0.15, -0.1) is 0 Å². The normalized spacial score (nSPS) is 17.4. The summed E-state index contributed by atoms with van der Waals surface area (Å²) in [6.07, 6.45) is 3.12. The zero-order chi connectivity index (χ0) is 24.0. The van der Waals surface area contributed by atoms with Crippen molar-refractivity contribution in [3.63, 3.8) is 0 Å². The molecule has 2 aliphatic rings. The van der Waals surface area contributed by atoms with Crippen molar-refractivity contribution in [2.45, 2.75) is 45.2 Å². The van der Waals surface area contributed by atoms with Crippen molar-refractivity contribution < 1.29 is 27.1 Å². The monoisotopic (exact) mass is 483 g/mol. The van der Waals surface area contributed by atoms with Crippen LogP contribution >= 0.6 is 0 Å². The van der Waals surface area contributed by atoms with E-state index in [2.05, 4.69) is 0 Å². The molecule has 1 aliphatic heterocycles. The van der Waals surface area contributed by atoms with Gasteiger partial charge in [-0.25, -0.2) is 12.8 Å². The number of methoxy groups -OCH3 is 1. The summed E-state index contributed by atoms with van der Waals surface area (Å²) in [6.45, 7) is 2.81. The van der Waals surface area contributed by atoms with Gasteiger partial charge in [0, 0.05) is 45.2 Å². The zero-order valence-electron chi connectivity index (χ0n) is 19.4. The molecule has 0 radical (unpaired) electrons. The molecule has 2 amide bonds. The van der Waals surface area contributed by atoms with Gasteiger partial charge in [0.15, 0.2) is 0 Å². The molecule has 1 aromatic rings. The number of carbonyl (C=O) groups is 2. The van der Waals surface area contributed by atoms with E-state index in [4.69, 9.17) is 4.74 Å². The molecule has 10 heteroatoms. The second kappa shape index (κ2) is 11.4. The molecule has 33 heavy (non-hydrogen) atoms. The van der Waals surface area contributed by atoms with Crippen LogP contribution in [0.1, 0.15) is 38.2 Å². The smallest absolute Gasteiger partial charge is 0.238 e. The Bertz CT molecular complexity index is 930. The standard InChI is InChI=1S/C23H34FN3O5S/c1-3-33(30,31)26(13-14-32-2)17-22(28)27(16-18-5-4-6-20(24)15-18)21-9-11-25(12-10-21)23(29)19-7-8-19/h4-6,15,19,21H,3,7-14,16-17H2,1-2H3. The van der Waals surface area contributed by atoms with Crippen molar-refractivity contribution in [2.75, 3.05) is 45.6 Å². The molecular weight excluding hydrogens is 449 g/mol. The molecular formula is C23H34FN3O5S. The lowest BCUT2D eigenvalue weighted by molar-refractivity contribution is -0.138. The van der Waals surface area contributed by atoms with E-state index >= 15 is 0 Å². The maximum atomic E-state index is 13.8. The highest BCUT2D eigenvalue weighted by molar-refractivity contribution is 7.89. The number of rotatable bonds is 11. The first-order chi connectivity index (χ1) is 15.7. The molecule has 0 aromatic heterocycles. The van der Waals surface area contributed by atoms with Crippen LogP contribution in [0.5, 0.6) is 0 Å². The van der Waals surface area contributed by atoms with Crippen LogP contribution in [0.3, 0.4) is 0 Å². The third kappa shape index (κ3) is 6.97. The second-order valence-electron chi connectivity index (χ2n) is 8.71. The molecule has 1 saturated heterocycles. The molecule has 1 heterocycles. The number of carbonyl (C=O) groups excluding carboxylic acids is 2. The molecule has 0 atom stereocenters. The van der Waals surface area contributed by atoms with E-state index in [0.717, 1.165) is 17.1 Å². The van der Waals surface area contributed by atoms with E-state index in [-0.39, 0.29) is 61.6 Å². The van der Waals surface area contributed by atoms with E-state index in [0.29, 0.717) is 31.5 Å². The Morgan fingerprint density at radius 3 is 2.45 bits per heavy atom. The summed E-state index contributed by atoms with van der Waals surface area (Å²) in [4.78, 5) is 29.3. The summed E-state index contributed by atoms with van der Waals surface area (Å²) >= 11 is 0. The van der Waals surface area contributed by atoms with Gasteiger partial charge in [0.05, 0.1) is 18.9 Å². The molecule has 0 unspecified atom stereocenters. The van der Waals surface area contributed by atoms with E-state index in [1.165, 1.54) is 26.2 Å². The minimum absolute atomic E-state index is 0.0839. The van der Waals surface area contributed by atoms with Gasteiger partial charge in [-0.05, 0) is 50.3 Å². The highest BCUT2D eigenvalue weighted by atomic mass is 32.2. The van der Waals surface area contributed by atoms with Crippen LogP contribution in [0.25, 0.3) is 0 Å². The summed E-state index contributed by atoms with van der Waals surface area (Å²) in [6, 6.07) is 5.92. The highest BCUT2D eigenvalue weighted by Gasteiger charge is 2.37. The number of halogens is 1. The molecule has 0 spiro atoms. The molecule has 1 aliphatic carbocycles. The van der Waals surface area contributed by atoms with Crippen molar-refractivity contribution in [1.29, 1.82) is 0 Å². The van der Waals surface area contributed by atoms with Crippen LogP contribution in [-0.2, 0) is 30.9 Å². The molecule has 1 aromatic carbocycles. The fourth-order valence-electron chi connectivity index (χ4n) is 4.17. The number of piperidine rings is 1. The van der Waals surface area contributed by atoms with Crippen LogP contribution in [0.2, 0.25) is 0 Å². The lowest BCUT2D eigenvalue weighted by atomic mass is 10.0. The van der Waals surface area contributed by atoms with Gasteiger partial charge < -0.3 is 14.5 Å². The maximum Gasteiger partial charge on any atom is 0.238 e. The van der Waals surface area contributed by atoms with E-state index in [1.807, 2.05) is 4.90 Å². The average molecular weight is 484 g/mol. The Morgan fingerprint density at radius 2 is 1.88 bits per heavy atom. The number of sulfonamides is 1. The Labute approximate surface area is 195 Å². The minimum atomic E-state index is -3.60. The number of likely N-dealkylation sites (tertiary alicyclic amines) is 1. The van der Waals surface area contributed by atoms with Crippen LogP contribution < -0.4 is 0 Å². The molecule has 0 bridgehead atoms. The fraction of sp³-hybridized carbons (Fsp3) is 0.652. The van der Waals surface area contributed by atoms with Gasteiger partial charge in [0.2, 0.25) is 21.8 Å². The third-order valence-electron chi connectivity index (χ3n) is 6.32. The summed E-state index contributed by atoms with van der Waals surface area (Å²) in [7, 11) is -2.12. The van der Waals surface area contributed by atoms with Crippen molar-refractivity contribution in [1.82, 2.24) is 14.1 Å². The summed E-state index contributed by atoms with van der Waals surface area (Å²) in [5.41, 5.74) is 0.640. The quantitative estimate of drug-likeness (QED) is 0.480. The summed E-state index contributed by atoms with van der Waals surface area (Å²) < 4.78 is 45.0. The van der Waals surface area contributed by atoms with E-state index in [9.17, 15) is 22.4 Å². The van der Waals surface area contributed by atoms with Gasteiger partial charge in [0.1, 0.15) is 5.82 Å². The largest absolute Gasteiger partial charge is 0.383 e. The number of benzene rings is 1. The zero-order valence-corrected chi connectivity index (χ0v) is 20.2.